The van der Waals surface area contributed by atoms with Crippen molar-refractivity contribution in [3.05, 3.63) is 41.4 Å². The number of rotatable bonds is 6. The van der Waals surface area contributed by atoms with Crippen molar-refractivity contribution >= 4 is 33.1 Å². The number of anilines is 1. The van der Waals surface area contributed by atoms with E-state index in [1.165, 1.54) is 15.6 Å². The van der Waals surface area contributed by atoms with Gasteiger partial charge in [0.1, 0.15) is 16.1 Å². The molecular weight excluding hydrogens is 372 g/mol. The van der Waals surface area contributed by atoms with Gasteiger partial charge in [-0.3, -0.25) is 4.79 Å². The highest BCUT2D eigenvalue weighted by Crippen LogP contribution is 2.28. The summed E-state index contributed by atoms with van der Waals surface area (Å²) in [7, 11) is 0.154. The van der Waals surface area contributed by atoms with Gasteiger partial charge < -0.3 is 10.2 Å². The zero-order chi connectivity index (χ0) is 18.7. The average Bonchev–Trinajstić information content (AvgIpc) is 3.31. The van der Waals surface area contributed by atoms with Crippen molar-refractivity contribution in [2.45, 2.75) is 29.6 Å². The van der Waals surface area contributed by atoms with Gasteiger partial charge in [-0.15, -0.1) is 11.3 Å². The minimum atomic E-state index is -3.62. The molecule has 1 aliphatic heterocycles. The fraction of sp³-hybridized carbons (Fsp3) is 0.412. The lowest BCUT2D eigenvalue weighted by Gasteiger charge is -2.23. The molecule has 0 aliphatic carbocycles. The van der Waals surface area contributed by atoms with E-state index >= 15 is 0 Å². The van der Waals surface area contributed by atoms with E-state index in [4.69, 9.17) is 0 Å². The Morgan fingerprint density at radius 2 is 2.19 bits per heavy atom. The highest BCUT2D eigenvalue weighted by atomic mass is 32.2. The predicted octanol–water partition coefficient (Wildman–Crippen LogP) is 1.68. The number of nitrogens with one attached hydrogen (secondary N) is 1. The van der Waals surface area contributed by atoms with Crippen LogP contribution in [0.4, 0.5) is 5.82 Å². The third kappa shape index (κ3) is 3.74. The van der Waals surface area contributed by atoms with E-state index < -0.39 is 16.1 Å². The SMILES string of the molecule is CN(C)c1ncccc1CNC(=O)C1CCCN1S(=O)(=O)c1cccs1. The van der Waals surface area contributed by atoms with Crippen molar-refractivity contribution < 1.29 is 13.2 Å². The molecule has 0 bridgehead atoms. The maximum Gasteiger partial charge on any atom is 0.253 e. The number of hydrogen-bond donors (Lipinski definition) is 1. The Bertz CT molecular complexity index is 866. The van der Waals surface area contributed by atoms with Gasteiger partial charge in [0.25, 0.3) is 10.0 Å². The van der Waals surface area contributed by atoms with Gasteiger partial charge in [-0.25, -0.2) is 13.4 Å². The van der Waals surface area contributed by atoms with Gasteiger partial charge >= 0.3 is 0 Å². The Labute approximate surface area is 157 Å². The molecule has 3 heterocycles. The number of amides is 1. The minimum Gasteiger partial charge on any atom is -0.362 e. The van der Waals surface area contributed by atoms with Crippen LogP contribution in [0.1, 0.15) is 18.4 Å². The van der Waals surface area contributed by atoms with Crippen LogP contribution in [0.2, 0.25) is 0 Å². The van der Waals surface area contributed by atoms with E-state index in [0.717, 1.165) is 11.4 Å². The van der Waals surface area contributed by atoms with Crippen molar-refractivity contribution in [2.75, 3.05) is 25.5 Å². The minimum absolute atomic E-state index is 0.267. The predicted molar refractivity (Wildman–Crippen MR) is 102 cm³/mol. The van der Waals surface area contributed by atoms with Gasteiger partial charge in [0.2, 0.25) is 5.91 Å². The Balaban J connectivity index is 1.72. The van der Waals surface area contributed by atoms with E-state index in [9.17, 15) is 13.2 Å². The molecule has 3 rings (SSSR count). The molecule has 0 radical (unpaired) electrons. The third-order valence-corrected chi connectivity index (χ3v) is 7.59. The Morgan fingerprint density at radius 3 is 2.88 bits per heavy atom. The van der Waals surface area contributed by atoms with E-state index in [-0.39, 0.29) is 10.1 Å². The summed E-state index contributed by atoms with van der Waals surface area (Å²) in [5.74, 6) is 0.512. The number of carbonyl (C=O) groups is 1. The van der Waals surface area contributed by atoms with Crippen LogP contribution in [0.25, 0.3) is 0 Å². The number of hydrogen-bond acceptors (Lipinski definition) is 6. The molecule has 1 saturated heterocycles. The zero-order valence-corrected chi connectivity index (χ0v) is 16.4. The summed E-state index contributed by atoms with van der Waals surface area (Å²) in [6.07, 6.45) is 2.91. The number of aromatic nitrogens is 1. The molecule has 0 aromatic carbocycles. The van der Waals surface area contributed by atoms with Crippen molar-refractivity contribution in [3.63, 3.8) is 0 Å². The maximum atomic E-state index is 12.8. The summed E-state index contributed by atoms with van der Waals surface area (Å²) in [5.41, 5.74) is 0.886. The molecule has 1 atom stereocenters. The first-order valence-electron chi connectivity index (χ1n) is 8.35. The molecule has 1 amide bonds. The standard InChI is InChI=1S/C17H22N4O3S2/c1-20(2)16-13(6-3-9-18-16)12-19-17(22)14-7-4-10-21(14)26(23,24)15-8-5-11-25-15/h3,5-6,8-9,11,14H,4,7,10,12H2,1-2H3,(H,19,22). The van der Waals surface area contributed by atoms with Gasteiger partial charge in [0.05, 0.1) is 0 Å². The largest absolute Gasteiger partial charge is 0.362 e. The van der Waals surface area contributed by atoms with Crippen LogP contribution in [0.15, 0.2) is 40.1 Å². The molecule has 140 valence electrons. The van der Waals surface area contributed by atoms with Crippen LogP contribution >= 0.6 is 11.3 Å². The molecule has 1 unspecified atom stereocenters. The number of carbonyl (C=O) groups excluding carboxylic acids is 1. The second-order valence-electron chi connectivity index (χ2n) is 6.30. The van der Waals surface area contributed by atoms with Gasteiger partial charge in [-0.05, 0) is 30.4 Å². The number of thiophene rings is 1. The Morgan fingerprint density at radius 1 is 1.38 bits per heavy atom. The van der Waals surface area contributed by atoms with Crippen LogP contribution < -0.4 is 10.2 Å². The Kier molecular flexibility index (Phi) is 5.59. The molecule has 1 aliphatic rings. The first kappa shape index (κ1) is 18.8. The summed E-state index contributed by atoms with van der Waals surface area (Å²) in [6.45, 7) is 0.678. The van der Waals surface area contributed by atoms with Crippen LogP contribution in [0, 0.1) is 0 Å². The third-order valence-electron chi connectivity index (χ3n) is 4.31. The molecule has 7 nitrogen and oxygen atoms in total. The number of nitrogens with zero attached hydrogens (tertiary/aromatic N) is 3. The van der Waals surface area contributed by atoms with Crippen LogP contribution in [-0.4, -0.2) is 50.3 Å². The summed E-state index contributed by atoms with van der Waals surface area (Å²) in [6, 6.07) is 6.33. The summed E-state index contributed by atoms with van der Waals surface area (Å²) in [5, 5.41) is 4.60. The molecule has 9 heteroatoms. The molecular formula is C17H22N4O3S2. The fourth-order valence-electron chi connectivity index (χ4n) is 3.09. The molecule has 2 aromatic heterocycles. The van der Waals surface area contributed by atoms with E-state index in [0.29, 0.717) is 25.9 Å². The number of pyridine rings is 1. The molecule has 2 aromatic rings. The maximum absolute atomic E-state index is 12.8. The van der Waals surface area contributed by atoms with Crippen molar-refractivity contribution in [3.8, 4) is 0 Å². The molecule has 1 N–H and O–H groups in total. The summed E-state index contributed by atoms with van der Waals surface area (Å²) >= 11 is 1.17. The highest BCUT2D eigenvalue weighted by Gasteiger charge is 2.39. The van der Waals surface area contributed by atoms with Gasteiger partial charge in [-0.2, -0.15) is 4.31 Å². The first-order chi connectivity index (χ1) is 12.4. The molecule has 26 heavy (non-hydrogen) atoms. The average molecular weight is 395 g/mol. The Hall–Kier alpha value is -1.97. The van der Waals surface area contributed by atoms with Crippen LogP contribution in [0.5, 0.6) is 0 Å². The topological polar surface area (TPSA) is 82.6 Å². The van der Waals surface area contributed by atoms with Crippen molar-refractivity contribution in [2.24, 2.45) is 0 Å². The van der Waals surface area contributed by atoms with Gasteiger partial charge in [0, 0.05) is 38.9 Å². The van der Waals surface area contributed by atoms with Crippen molar-refractivity contribution in [1.82, 2.24) is 14.6 Å². The quantitative estimate of drug-likeness (QED) is 0.806. The normalized spacial score (nSPS) is 18.0. The lowest BCUT2D eigenvalue weighted by molar-refractivity contribution is -0.124. The fourth-order valence-corrected chi connectivity index (χ4v) is 5.86. The molecule has 0 saturated carbocycles. The first-order valence-corrected chi connectivity index (χ1v) is 10.7. The van der Waals surface area contributed by atoms with Gasteiger partial charge in [0.15, 0.2) is 0 Å². The monoisotopic (exact) mass is 394 g/mol. The van der Waals surface area contributed by atoms with E-state index in [2.05, 4.69) is 10.3 Å². The molecule has 0 spiro atoms. The van der Waals surface area contributed by atoms with E-state index in [1.807, 2.05) is 31.1 Å². The van der Waals surface area contributed by atoms with E-state index in [1.54, 1.807) is 23.7 Å². The van der Waals surface area contributed by atoms with Gasteiger partial charge in [-0.1, -0.05) is 12.1 Å². The summed E-state index contributed by atoms with van der Waals surface area (Å²) < 4.78 is 27.1. The second kappa shape index (κ2) is 7.73. The second-order valence-corrected chi connectivity index (χ2v) is 9.37. The number of sulfonamides is 1. The van der Waals surface area contributed by atoms with Crippen LogP contribution in [0.3, 0.4) is 0 Å². The molecule has 1 fully saturated rings. The highest BCUT2D eigenvalue weighted by molar-refractivity contribution is 7.91. The lowest BCUT2D eigenvalue weighted by atomic mass is 10.2. The summed E-state index contributed by atoms with van der Waals surface area (Å²) in [4.78, 5) is 18.9. The van der Waals surface area contributed by atoms with Crippen molar-refractivity contribution in [1.29, 1.82) is 0 Å². The lowest BCUT2D eigenvalue weighted by Crippen LogP contribution is -2.45. The smallest absolute Gasteiger partial charge is 0.253 e. The zero-order valence-electron chi connectivity index (χ0n) is 14.8. The van der Waals surface area contributed by atoms with Crippen LogP contribution in [-0.2, 0) is 21.4 Å².